The van der Waals surface area contributed by atoms with Gasteiger partial charge in [-0.25, -0.2) is 4.79 Å². The van der Waals surface area contributed by atoms with Crippen molar-refractivity contribution >= 4 is 38.4 Å². The zero-order chi connectivity index (χ0) is 15.4. The summed E-state index contributed by atoms with van der Waals surface area (Å²) in [5, 5.41) is 7.68. The lowest BCUT2D eigenvalue weighted by molar-refractivity contribution is 0.252. The van der Waals surface area contributed by atoms with Crippen molar-refractivity contribution in [2.24, 2.45) is 0 Å². The van der Waals surface area contributed by atoms with E-state index in [1.54, 1.807) is 12.4 Å². The van der Waals surface area contributed by atoms with E-state index >= 15 is 0 Å². The van der Waals surface area contributed by atoms with Gasteiger partial charge in [0, 0.05) is 28.8 Å². The quantitative estimate of drug-likeness (QED) is 0.734. The van der Waals surface area contributed by atoms with Gasteiger partial charge in [-0.05, 0) is 35.2 Å². The average Bonchev–Trinajstić information content (AvgIpc) is 2.55. The minimum atomic E-state index is -0.237. The van der Waals surface area contributed by atoms with Crippen LogP contribution in [0.15, 0.2) is 65.4 Å². The number of aromatic nitrogens is 1. The molecule has 22 heavy (non-hydrogen) atoms. The van der Waals surface area contributed by atoms with Gasteiger partial charge in [0.1, 0.15) is 0 Å². The van der Waals surface area contributed by atoms with E-state index < -0.39 is 0 Å². The monoisotopic (exact) mass is 355 g/mol. The molecular formula is C17H14BrN3O. The molecule has 2 N–H and O–H groups in total. The Labute approximate surface area is 136 Å². The normalized spacial score (nSPS) is 10.4. The number of nitrogens with zero attached hydrogens (tertiary/aromatic N) is 1. The molecule has 0 unspecified atom stereocenters. The number of anilines is 1. The van der Waals surface area contributed by atoms with E-state index in [9.17, 15) is 4.79 Å². The summed E-state index contributed by atoms with van der Waals surface area (Å²) in [5.74, 6) is 0. The number of fused-ring (bicyclic) bond motifs is 1. The number of urea groups is 1. The van der Waals surface area contributed by atoms with Gasteiger partial charge in [-0.15, -0.1) is 0 Å². The summed E-state index contributed by atoms with van der Waals surface area (Å²) in [6.07, 6.45) is 3.49. The number of hydrogen-bond donors (Lipinski definition) is 2. The molecule has 0 saturated carbocycles. The molecular weight excluding hydrogens is 342 g/mol. The fourth-order valence-corrected chi connectivity index (χ4v) is 2.44. The topological polar surface area (TPSA) is 54.0 Å². The van der Waals surface area contributed by atoms with Gasteiger partial charge in [-0.3, -0.25) is 4.98 Å². The maximum absolute atomic E-state index is 12.0. The zero-order valence-electron chi connectivity index (χ0n) is 11.7. The highest BCUT2D eigenvalue weighted by atomic mass is 79.9. The first-order valence-electron chi connectivity index (χ1n) is 6.84. The summed E-state index contributed by atoms with van der Waals surface area (Å²) in [7, 11) is 0. The minimum Gasteiger partial charge on any atom is -0.334 e. The first kappa shape index (κ1) is 14.5. The molecule has 1 heterocycles. The third-order valence-corrected chi connectivity index (χ3v) is 3.83. The molecule has 0 saturated heterocycles. The number of carbonyl (C=O) groups is 1. The van der Waals surface area contributed by atoms with Gasteiger partial charge in [-0.2, -0.15) is 0 Å². The standard InChI is InChI=1S/C17H14BrN3O/c18-14-6-4-12(5-7-14)10-20-17(22)21-16-3-1-2-13-8-9-19-11-15(13)16/h1-9,11H,10H2,(H2,20,21,22). The average molecular weight is 356 g/mol. The maximum Gasteiger partial charge on any atom is 0.319 e. The van der Waals surface area contributed by atoms with Crippen molar-refractivity contribution in [3.63, 3.8) is 0 Å². The Bertz CT molecular complexity index is 797. The molecule has 0 radical (unpaired) electrons. The maximum atomic E-state index is 12.0. The molecule has 3 rings (SSSR count). The van der Waals surface area contributed by atoms with Crippen LogP contribution >= 0.6 is 15.9 Å². The number of rotatable bonds is 3. The van der Waals surface area contributed by atoms with E-state index in [0.717, 1.165) is 26.5 Å². The molecule has 0 spiro atoms. The van der Waals surface area contributed by atoms with Crippen LogP contribution in [0.2, 0.25) is 0 Å². The van der Waals surface area contributed by atoms with E-state index in [-0.39, 0.29) is 6.03 Å². The van der Waals surface area contributed by atoms with Gasteiger partial charge in [-0.1, -0.05) is 40.2 Å². The summed E-state index contributed by atoms with van der Waals surface area (Å²) in [4.78, 5) is 16.2. The lowest BCUT2D eigenvalue weighted by Crippen LogP contribution is -2.28. The Hall–Kier alpha value is -2.40. The van der Waals surface area contributed by atoms with Crippen molar-refractivity contribution in [1.82, 2.24) is 10.3 Å². The molecule has 0 bridgehead atoms. The van der Waals surface area contributed by atoms with Crippen molar-refractivity contribution < 1.29 is 4.79 Å². The number of amides is 2. The van der Waals surface area contributed by atoms with Crippen molar-refractivity contribution in [3.8, 4) is 0 Å². The van der Waals surface area contributed by atoms with Crippen LogP contribution in [-0.2, 0) is 6.54 Å². The predicted octanol–water partition coefficient (Wildman–Crippen LogP) is 4.32. The third-order valence-electron chi connectivity index (χ3n) is 3.30. The minimum absolute atomic E-state index is 0.237. The molecule has 0 aliphatic carbocycles. The summed E-state index contributed by atoms with van der Waals surface area (Å²) in [5.41, 5.74) is 1.79. The van der Waals surface area contributed by atoms with Gasteiger partial charge >= 0.3 is 6.03 Å². The van der Waals surface area contributed by atoms with Crippen LogP contribution in [0.25, 0.3) is 10.8 Å². The Balaban J connectivity index is 1.67. The predicted molar refractivity (Wildman–Crippen MR) is 91.7 cm³/mol. The highest BCUT2D eigenvalue weighted by molar-refractivity contribution is 9.10. The summed E-state index contributed by atoms with van der Waals surface area (Å²) < 4.78 is 1.02. The van der Waals surface area contributed by atoms with Crippen molar-refractivity contribution in [2.75, 3.05) is 5.32 Å². The molecule has 110 valence electrons. The van der Waals surface area contributed by atoms with Crippen LogP contribution < -0.4 is 10.6 Å². The van der Waals surface area contributed by atoms with Crippen molar-refractivity contribution in [2.45, 2.75) is 6.54 Å². The summed E-state index contributed by atoms with van der Waals surface area (Å²) >= 11 is 3.39. The fraction of sp³-hybridized carbons (Fsp3) is 0.0588. The SMILES string of the molecule is O=C(NCc1ccc(Br)cc1)Nc1cccc2ccncc12. The van der Waals surface area contributed by atoms with E-state index in [1.165, 1.54) is 0 Å². The van der Waals surface area contributed by atoms with Crippen LogP contribution in [0.4, 0.5) is 10.5 Å². The third kappa shape index (κ3) is 3.43. The van der Waals surface area contributed by atoms with Crippen molar-refractivity contribution in [3.05, 3.63) is 71.0 Å². The molecule has 5 heteroatoms. The second-order valence-electron chi connectivity index (χ2n) is 4.84. The lowest BCUT2D eigenvalue weighted by Gasteiger charge is -2.10. The highest BCUT2D eigenvalue weighted by Gasteiger charge is 2.05. The van der Waals surface area contributed by atoms with Gasteiger partial charge < -0.3 is 10.6 Å². The first-order valence-corrected chi connectivity index (χ1v) is 7.64. The molecule has 0 aliphatic heterocycles. The second kappa shape index (κ2) is 6.58. The zero-order valence-corrected chi connectivity index (χ0v) is 13.3. The number of benzene rings is 2. The second-order valence-corrected chi connectivity index (χ2v) is 5.75. The van der Waals surface area contributed by atoms with Crippen LogP contribution in [0, 0.1) is 0 Å². The number of pyridine rings is 1. The van der Waals surface area contributed by atoms with E-state index in [1.807, 2.05) is 48.5 Å². The van der Waals surface area contributed by atoms with Crippen LogP contribution in [-0.4, -0.2) is 11.0 Å². The van der Waals surface area contributed by atoms with Crippen LogP contribution in [0.3, 0.4) is 0 Å². The smallest absolute Gasteiger partial charge is 0.319 e. The Morgan fingerprint density at radius 1 is 1.09 bits per heavy atom. The van der Waals surface area contributed by atoms with Gasteiger partial charge in [0.05, 0.1) is 5.69 Å². The summed E-state index contributed by atoms with van der Waals surface area (Å²) in [6, 6.07) is 15.3. The largest absolute Gasteiger partial charge is 0.334 e. The fourth-order valence-electron chi connectivity index (χ4n) is 2.17. The number of nitrogens with one attached hydrogen (secondary N) is 2. The lowest BCUT2D eigenvalue weighted by atomic mass is 10.1. The van der Waals surface area contributed by atoms with Crippen molar-refractivity contribution in [1.29, 1.82) is 0 Å². The van der Waals surface area contributed by atoms with Crippen LogP contribution in [0.5, 0.6) is 0 Å². The molecule has 2 amide bonds. The molecule has 2 aromatic carbocycles. The number of halogens is 1. The summed E-state index contributed by atoms with van der Waals surface area (Å²) in [6.45, 7) is 0.474. The molecule has 3 aromatic rings. The van der Waals surface area contributed by atoms with Gasteiger partial charge in [0.15, 0.2) is 0 Å². The van der Waals surface area contributed by atoms with Crippen LogP contribution in [0.1, 0.15) is 5.56 Å². The highest BCUT2D eigenvalue weighted by Crippen LogP contribution is 2.21. The first-order chi connectivity index (χ1) is 10.7. The number of carbonyl (C=O) groups excluding carboxylic acids is 1. The Kier molecular flexibility index (Phi) is 4.34. The van der Waals surface area contributed by atoms with Gasteiger partial charge in [0.25, 0.3) is 0 Å². The molecule has 4 nitrogen and oxygen atoms in total. The Morgan fingerprint density at radius 2 is 1.91 bits per heavy atom. The van der Waals surface area contributed by atoms with E-state index in [4.69, 9.17) is 0 Å². The van der Waals surface area contributed by atoms with E-state index in [2.05, 4.69) is 31.5 Å². The molecule has 0 aliphatic rings. The van der Waals surface area contributed by atoms with Gasteiger partial charge in [0.2, 0.25) is 0 Å². The molecule has 0 fully saturated rings. The Morgan fingerprint density at radius 3 is 2.73 bits per heavy atom. The molecule has 1 aromatic heterocycles. The van der Waals surface area contributed by atoms with E-state index in [0.29, 0.717) is 6.54 Å². The number of hydrogen-bond acceptors (Lipinski definition) is 2. The molecule has 0 atom stereocenters.